The van der Waals surface area contributed by atoms with Crippen LogP contribution in [0.1, 0.15) is 23.7 Å². The molecule has 2 amide bonds. The largest absolute Gasteiger partial charge is 0.388 e. The zero-order valence-corrected chi connectivity index (χ0v) is 12.0. The molecule has 2 aromatic carbocycles. The fourth-order valence-electron chi connectivity index (χ4n) is 1.97. The number of aliphatic hydroxyl groups is 1. The molecule has 0 heterocycles. The Morgan fingerprint density at radius 2 is 1.82 bits per heavy atom. The zero-order chi connectivity index (χ0) is 15.8. The Labute approximate surface area is 129 Å². The van der Waals surface area contributed by atoms with Crippen molar-refractivity contribution >= 4 is 11.7 Å². The number of urea groups is 1. The lowest BCUT2D eigenvalue weighted by Gasteiger charge is -2.12. The van der Waals surface area contributed by atoms with E-state index in [0.29, 0.717) is 24.2 Å². The number of anilines is 1. The van der Waals surface area contributed by atoms with Crippen LogP contribution in [0.4, 0.5) is 10.5 Å². The van der Waals surface area contributed by atoms with Crippen LogP contribution in [0.2, 0.25) is 0 Å². The molecule has 0 fully saturated rings. The lowest BCUT2D eigenvalue weighted by atomic mass is 10.1. The minimum atomic E-state index is -0.601. The van der Waals surface area contributed by atoms with Gasteiger partial charge in [-0.05, 0) is 36.2 Å². The van der Waals surface area contributed by atoms with E-state index in [4.69, 9.17) is 5.26 Å². The van der Waals surface area contributed by atoms with Gasteiger partial charge in [-0.25, -0.2) is 4.79 Å². The second-order valence-electron chi connectivity index (χ2n) is 4.79. The SMILES string of the molecule is N#Cc1ccc(NC(=O)NCCC(O)c2ccccc2)cc1. The van der Waals surface area contributed by atoms with Gasteiger partial charge >= 0.3 is 6.03 Å². The van der Waals surface area contributed by atoms with E-state index in [1.54, 1.807) is 24.3 Å². The van der Waals surface area contributed by atoms with Crippen molar-refractivity contribution in [2.75, 3.05) is 11.9 Å². The van der Waals surface area contributed by atoms with E-state index in [1.165, 1.54) is 0 Å². The topological polar surface area (TPSA) is 85.2 Å². The summed E-state index contributed by atoms with van der Waals surface area (Å²) in [7, 11) is 0. The quantitative estimate of drug-likeness (QED) is 0.793. The zero-order valence-electron chi connectivity index (χ0n) is 12.0. The first-order valence-electron chi connectivity index (χ1n) is 6.97. The summed E-state index contributed by atoms with van der Waals surface area (Å²) in [6.07, 6.45) is -0.165. The van der Waals surface area contributed by atoms with E-state index < -0.39 is 6.10 Å². The average molecular weight is 295 g/mol. The van der Waals surface area contributed by atoms with E-state index in [2.05, 4.69) is 10.6 Å². The summed E-state index contributed by atoms with van der Waals surface area (Å²) in [6, 6.07) is 17.6. The van der Waals surface area contributed by atoms with Gasteiger partial charge in [0, 0.05) is 12.2 Å². The number of hydrogen-bond donors (Lipinski definition) is 3. The summed E-state index contributed by atoms with van der Waals surface area (Å²) >= 11 is 0. The van der Waals surface area contributed by atoms with Gasteiger partial charge in [0.1, 0.15) is 0 Å². The number of aliphatic hydroxyl groups excluding tert-OH is 1. The van der Waals surface area contributed by atoms with Crippen molar-refractivity contribution in [2.45, 2.75) is 12.5 Å². The van der Waals surface area contributed by atoms with Gasteiger partial charge in [-0.15, -0.1) is 0 Å². The Kier molecular flexibility index (Phi) is 5.52. The van der Waals surface area contributed by atoms with Crippen molar-refractivity contribution < 1.29 is 9.90 Å². The number of nitriles is 1. The van der Waals surface area contributed by atoms with E-state index in [9.17, 15) is 9.90 Å². The highest BCUT2D eigenvalue weighted by atomic mass is 16.3. The molecule has 0 aliphatic carbocycles. The molecule has 5 heteroatoms. The maximum Gasteiger partial charge on any atom is 0.319 e. The summed E-state index contributed by atoms with van der Waals surface area (Å²) in [5.41, 5.74) is 1.98. The smallest absolute Gasteiger partial charge is 0.319 e. The molecule has 0 bridgehead atoms. The normalized spacial score (nSPS) is 11.3. The fourth-order valence-corrected chi connectivity index (χ4v) is 1.97. The number of nitrogens with one attached hydrogen (secondary N) is 2. The van der Waals surface area contributed by atoms with Crippen molar-refractivity contribution in [2.24, 2.45) is 0 Å². The fraction of sp³-hybridized carbons (Fsp3) is 0.176. The Hall–Kier alpha value is -2.84. The van der Waals surface area contributed by atoms with E-state index >= 15 is 0 Å². The van der Waals surface area contributed by atoms with Gasteiger partial charge in [-0.3, -0.25) is 0 Å². The summed E-state index contributed by atoms with van der Waals surface area (Å²) in [6.45, 7) is 0.359. The molecular formula is C17H17N3O2. The van der Waals surface area contributed by atoms with Crippen molar-refractivity contribution in [1.82, 2.24) is 5.32 Å². The summed E-state index contributed by atoms with van der Waals surface area (Å²) in [5.74, 6) is 0. The molecule has 2 rings (SSSR count). The van der Waals surface area contributed by atoms with Gasteiger partial charge in [0.2, 0.25) is 0 Å². The number of hydrogen-bond acceptors (Lipinski definition) is 3. The van der Waals surface area contributed by atoms with Crippen LogP contribution in [0.5, 0.6) is 0 Å². The predicted molar refractivity (Wildman–Crippen MR) is 84.2 cm³/mol. The Balaban J connectivity index is 1.74. The molecule has 1 atom stereocenters. The number of rotatable bonds is 5. The Morgan fingerprint density at radius 1 is 1.14 bits per heavy atom. The standard InChI is InChI=1S/C17H17N3O2/c18-12-13-6-8-15(9-7-13)20-17(22)19-11-10-16(21)14-4-2-1-3-5-14/h1-9,16,21H,10-11H2,(H2,19,20,22). The molecule has 0 saturated carbocycles. The first kappa shape index (κ1) is 15.5. The first-order valence-corrected chi connectivity index (χ1v) is 6.97. The summed E-state index contributed by atoms with van der Waals surface area (Å²) in [4.78, 5) is 11.7. The second kappa shape index (κ2) is 7.81. The van der Waals surface area contributed by atoms with E-state index in [-0.39, 0.29) is 6.03 Å². The molecular weight excluding hydrogens is 278 g/mol. The van der Waals surface area contributed by atoms with Crippen LogP contribution in [-0.2, 0) is 0 Å². The molecule has 1 unspecified atom stereocenters. The third kappa shape index (κ3) is 4.62. The molecule has 0 spiro atoms. The number of carbonyl (C=O) groups is 1. The van der Waals surface area contributed by atoms with Gasteiger partial charge in [0.15, 0.2) is 0 Å². The van der Waals surface area contributed by atoms with E-state index in [0.717, 1.165) is 5.56 Å². The van der Waals surface area contributed by atoms with Crippen molar-refractivity contribution in [3.63, 3.8) is 0 Å². The molecule has 0 radical (unpaired) electrons. The summed E-state index contributed by atoms with van der Waals surface area (Å²) < 4.78 is 0. The molecule has 3 N–H and O–H groups in total. The molecule has 0 saturated heterocycles. The van der Waals surface area contributed by atoms with Crippen LogP contribution >= 0.6 is 0 Å². The maximum absolute atomic E-state index is 11.7. The molecule has 0 aliphatic rings. The molecule has 22 heavy (non-hydrogen) atoms. The molecule has 0 aliphatic heterocycles. The minimum absolute atomic E-state index is 0.343. The Morgan fingerprint density at radius 3 is 2.45 bits per heavy atom. The van der Waals surface area contributed by atoms with Crippen LogP contribution in [0, 0.1) is 11.3 Å². The summed E-state index contributed by atoms with van der Waals surface area (Å²) in [5, 5.41) is 24.0. The highest BCUT2D eigenvalue weighted by molar-refractivity contribution is 5.89. The second-order valence-corrected chi connectivity index (χ2v) is 4.79. The van der Waals surface area contributed by atoms with Crippen LogP contribution < -0.4 is 10.6 Å². The molecule has 0 aromatic heterocycles. The van der Waals surface area contributed by atoms with Crippen LogP contribution in [0.25, 0.3) is 0 Å². The minimum Gasteiger partial charge on any atom is -0.388 e. The average Bonchev–Trinajstić information content (AvgIpc) is 2.56. The van der Waals surface area contributed by atoms with Crippen molar-refractivity contribution in [3.8, 4) is 6.07 Å². The third-order valence-corrected chi connectivity index (χ3v) is 3.16. The van der Waals surface area contributed by atoms with Crippen LogP contribution in [-0.4, -0.2) is 17.7 Å². The highest BCUT2D eigenvalue weighted by Crippen LogP contribution is 2.15. The third-order valence-electron chi connectivity index (χ3n) is 3.16. The lowest BCUT2D eigenvalue weighted by molar-refractivity contribution is 0.167. The van der Waals surface area contributed by atoms with Gasteiger partial charge in [0.25, 0.3) is 0 Å². The van der Waals surface area contributed by atoms with Crippen LogP contribution in [0.15, 0.2) is 54.6 Å². The number of nitrogens with zero attached hydrogens (tertiary/aromatic N) is 1. The van der Waals surface area contributed by atoms with Crippen molar-refractivity contribution in [1.29, 1.82) is 5.26 Å². The lowest BCUT2D eigenvalue weighted by Crippen LogP contribution is -2.30. The molecule has 5 nitrogen and oxygen atoms in total. The maximum atomic E-state index is 11.7. The van der Waals surface area contributed by atoms with Gasteiger partial charge < -0.3 is 15.7 Å². The first-order chi connectivity index (χ1) is 10.7. The highest BCUT2D eigenvalue weighted by Gasteiger charge is 2.07. The Bertz CT molecular complexity index is 648. The van der Waals surface area contributed by atoms with Gasteiger partial charge in [-0.1, -0.05) is 30.3 Å². The van der Waals surface area contributed by atoms with E-state index in [1.807, 2.05) is 36.4 Å². The van der Waals surface area contributed by atoms with Crippen molar-refractivity contribution in [3.05, 3.63) is 65.7 Å². The van der Waals surface area contributed by atoms with Gasteiger partial charge in [0.05, 0.1) is 17.7 Å². The number of amides is 2. The predicted octanol–water partition coefficient (Wildman–Crippen LogP) is 2.80. The van der Waals surface area contributed by atoms with Gasteiger partial charge in [-0.2, -0.15) is 5.26 Å². The monoisotopic (exact) mass is 295 g/mol. The number of benzene rings is 2. The molecule has 112 valence electrons. The number of carbonyl (C=O) groups excluding carboxylic acids is 1. The molecule has 2 aromatic rings. The van der Waals surface area contributed by atoms with Crippen LogP contribution in [0.3, 0.4) is 0 Å².